The lowest BCUT2D eigenvalue weighted by Gasteiger charge is -2.25. The van der Waals surface area contributed by atoms with Gasteiger partial charge in [0.1, 0.15) is 0 Å². The summed E-state index contributed by atoms with van der Waals surface area (Å²) in [5.74, 6) is 1.35. The van der Waals surface area contributed by atoms with Crippen molar-refractivity contribution in [1.82, 2.24) is 4.90 Å². The average molecular weight is 305 g/mol. The van der Waals surface area contributed by atoms with E-state index in [1.54, 1.807) is 14.2 Å². The van der Waals surface area contributed by atoms with Gasteiger partial charge in [0.05, 0.1) is 20.3 Å². The summed E-state index contributed by atoms with van der Waals surface area (Å²) >= 11 is 0. The van der Waals surface area contributed by atoms with Crippen LogP contribution < -0.4 is 9.47 Å². The van der Waals surface area contributed by atoms with Crippen LogP contribution in [0.1, 0.15) is 37.9 Å². The van der Waals surface area contributed by atoms with Crippen LogP contribution in [0.3, 0.4) is 0 Å². The topological polar surface area (TPSA) is 41.9 Å². The van der Waals surface area contributed by atoms with Gasteiger partial charge in [-0.1, -0.05) is 17.7 Å². The van der Waals surface area contributed by atoms with Crippen LogP contribution in [0.15, 0.2) is 29.8 Å². The minimum Gasteiger partial charge on any atom is -0.493 e. The zero-order valence-corrected chi connectivity index (χ0v) is 13.8. The third-order valence-electron chi connectivity index (χ3n) is 4.26. The lowest BCUT2D eigenvalue weighted by atomic mass is 10.0. The molecule has 1 atom stereocenters. The number of hydrogen-bond donors (Lipinski definition) is 1. The van der Waals surface area contributed by atoms with Crippen LogP contribution >= 0.6 is 0 Å². The minimum absolute atomic E-state index is 0.457. The van der Waals surface area contributed by atoms with Crippen LogP contribution in [0, 0.1) is 0 Å². The Morgan fingerprint density at radius 2 is 2.00 bits per heavy atom. The van der Waals surface area contributed by atoms with Crippen molar-refractivity contribution >= 4 is 0 Å². The molecule has 122 valence electrons. The van der Waals surface area contributed by atoms with E-state index in [0.717, 1.165) is 44.5 Å². The summed E-state index contributed by atoms with van der Waals surface area (Å²) in [5.41, 5.74) is 2.37. The van der Waals surface area contributed by atoms with Gasteiger partial charge in [0, 0.05) is 13.1 Å². The van der Waals surface area contributed by atoms with Gasteiger partial charge in [-0.25, -0.2) is 0 Å². The first-order valence-corrected chi connectivity index (χ1v) is 7.92. The van der Waals surface area contributed by atoms with E-state index in [4.69, 9.17) is 9.47 Å². The van der Waals surface area contributed by atoms with Gasteiger partial charge in [-0.3, -0.25) is 4.90 Å². The summed E-state index contributed by atoms with van der Waals surface area (Å²) in [7, 11) is 3.22. The Balaban J connectivity index is 1.83. The Kier molecular flexibility index (Phi) is 6.28. The zero-order valence-electron chi connectivity index (χ0n) is 13.8. The molecule has 0 aliphatic carbocycles. The fourth-order valence-corrected chi connectivity index (χ4v) is 2.75. The molecule has 1 unspecified atom stereocenters. The highest BCUT2D eigenvalue weighted by molar-refractivity contribution is 5.43. The first-order valence-electron chi connectivity index (χ1n) is 7.92. The van der Waals surface area contributed by atoms with Gasteiger partial charge in [-0.15, -0.1) is 0 Å². The van der Waals surface area contributed by atoms with Crippen molar-refractivity contribution in [2.24, 2.45) is 0 Å². The number of hydrogen-bond acceptors (Lipinski definition) is 4. The molecule has 2 rings (SSSR count). The third-order valence-corrected chi connectivity index (χ3v) is 4.26. The molecule has 1 aliphatic rings. The number of benzene rings is 1. The highest BCUT2D eigenvalue weighted by atomic mass is 16.5. The lowest BCUT2D eigenvalue weighted by Crippen LogP contribution is -2.29. The maximum absolute atomic E-state index is 10.3. The summed E-state index contributed by atoms with van der Waals surface area (Å²) < 4.78 is 10.5. The van der Waals surface area contributed by atoms with Crippen molar-refractivity contribution in [3.8, 4) is 11.5 Å². The summed E-state index contributed by atoms with van der Waals surface area (Å²) in [6.45, 7) is 5.40. The van der Waals surface area contributed by atoms with Crippen molar-refractivity contribution < 1.29 is 14.6 Å². The molecule has 0 saturated carbocycles. The van der Waals surface area contributed by atoms with Crippen molar-refractivity contribution in [3.63, 3.8) is 0 Å². The number of aliphatic hydroxyl groups is 1. The molecule has 0 radical (unpaired) electrons. The number of aliphatic hydroxyl groups excluding tert-OH is 1. The molecule has 1 aromatic rings. The molecule has 1 N–H and O–H groups in total. The summed E-state index contributed by atoms with van der Waals surface area (Å²) in [5, 5.41) is 10.3. The second-order valence-electron chi connectivity index (χ2n) is 5.87. The summed E-state index contributed by atoms with van der Waals surface area (Å²) in [4.78, 5) is 2.44. The van der Waals surface area contributed by atoms with E-state index in [1.165, 1.54) is 5.57 Å². The maximum atomic E-state index is 10.3. The normalized spacial score (nSPS) is 17.0. The minimum atomic E-state index is -0.457. The third kappa shape index (κ3) is 4.49. The Morgan fingerprint density at radius 3 is 2.64 bits per heavy atom. The fraction of sp³-hybridized carbons (Fsp3) is 0.556. The van der Waals surface area contributed by atoms with E-state index in [1.807, 2.05) is 18.2 Å². The number of ether oxygens (including phenoxy) is 2. The van der Waals surface area contributed by atoms with Crippen LogP contribution in [0.4, 0.5) is 0 Å². The highest BCUT2D eigenvalue weighted by Crippen LogP contribution is 2.31. The molecule has 0 aromatic heterocycles. The van der Waals surface area contributed by atoms with Gasteiger partial charge < -0.3 is 14.6 Å². The molecule has 0 saturated heterocycles. The molecular weight excluding hydrogens is 278 g/mol. The van der Waals surface area contributed by atoms with Crippen LogP contribution in [0.2, 0.25) is 0 Å². The van der Waals surface area contributed by atoms with Crippen LogP contribution in [-0.2, 0) is 0 Å². The highest BCUT2D eigenvalue weighted by Gasteiger charge is 2.13. The molecule has 0 spiro atoms. The predicted molar refractivity (Wildman–Crippen MR) is 88.6 cm³/mol. The molecule has 1 aromatic carbocycles. The van der Waals surface area contributed by atoms with Gasteiger partial charge in [0.2, 0.25) is 0 Å². The van der Waals surface area contributed by atoms with Crippen LogP contribution in [0.5, 0.6) is 11.5 Å². The predicted octanol–water partition coefficient (Wildman–Crippen LogP) is 3.17. The van der Waals surface area contributed by atoms with Crippen LogP contribution in [0.25, 0.3) is 0 Å². The SMILES string of the molecule is COc1ccc(C(O)CCCN2CC=C(C)CC2)cc1OC. The molecule has 1 aliphatic heterocycles. The first-order chi connectivity index (χ1) is 10.6. The average Bonchev–Trinajstić information content (AvgIpc) is 2.55. The standard InChI is InChI=1S/C18H27NO3/c1-14-8-11-19(12-9-14)10-4-5-16(20)15-6-7-17(21-2)18(13-15)22-3/h6-8,13,16,20H,4-5,9-12H2,1-3H3. The van der Waals surface area contributed by atoms with E-state index < -0.39 is 6.10 Å². The summed E-state index contributed by atoms with van der Waals surface area (Å²) in [6, 6.07) is 5.60. The smallest absolute Gasteiger partial charge is 0.161 e. The van der Waals surface area contributed by atoms with Gasteiger partial charge in [-0.05, 0) is 50.4 Å². The Bertz CT molecular complexity index is 513. The van der Waals surface area contributed by atoms with Gasteiger partial charge >= 0.3 is 0 Å². The fourth-order valence-electron chi connectivity index (χ4n) is 2.75. The van der Waals surface area contributed by atoms with E-state index in [9.17, 15) is 5.11 Å². The first kappa shape index (κ1) is 16.8. The van der Waals surface area contributed by atoms with Crippen molar-refractivity contribution in [1.29, 1.82) is 0 Å². The van der Waals surface area contributed by atoms with Crippen molar-refractivity contribution in [3.05, 3.63) is 35.4 Å². The Hall–Kier alpha value is -1.52. The van der Waals surface area contributed by atoms with Crippen molar-refractivity contribution in [2.75, 3.05) is 33.9 Å². The largest absolute Gasteiger partial charge is 0.493 e. The molecule has 22 heavy (non-hydrogen) atoms. The van der Waals surface area contributed by atoms with Crippen molar-refractivity contribution in [2.45, 2.75) is 32.3 Å². The maximum Gasteiger partial charge on any atom is 0.161 e. The number of methoxy groups -OCH3 is 2. The monoisotopic (exact) mass is 305 g/mol. The zero-order chi connectivity index (χ0) is 15.9. The molecule has 0 fully saturated rings. The molecular formula is C18H27NO3. The number of nitrogens with zero attached hydrogens (tertiary/aromatic N) is 1. The second kappa shape index (κ2) is 8.20. The molecule has 0 bridgehead atoms. The molecule has 4 nitrogen and oxygen atoms in total. The van der Waals surface area contributed by atoms with Crippen LogP contribution in [-0.4, -0.2) is 43.9 Å². The van der Waals surface area contributed by atoms with E-state index >= 15 is 0 Å². The van der Waals surface area contributed by atoms with Gasteiger partial charge in [0.15, 0.2) is 11.5 Å². The van der Waals surface area contributed by atoms with E-state index in [0.29, 0.717) is 11.5 Å². The van der Waals surface area contributed by atoms with E-state index in [-0.39, 0.29) is 0 Å². The molecule has 1 heterocycles. The lowest BCUT2D eigenvalue weighted by molar-refractivity contribution is 0.156. The van der Waals surface area contributed by atoms with E-state index in [2.05, 4.69) is 17.9 Å². The van der Waals surface area contributed by atoms with Gasteiger partial charge in [0.25, 0.3) is 0 Å². The quantitative estimate of drug-likeness (QED) is 0.786. The molecule has 4 heteroatoms. The van der Waals surface area contributed by atoms with Gasteiger partial charge in [-0.2, -0.15) is 0 Å². The summed E-state index contributed by atoms with van der Waals surface area (Å²) in [6.07, 6.45) is 4.76. The Labute approximate surface area is 133 Å². The second-order valence-corrected chi connectivity index (χ2v) is 5.87. The molecule has 0 amide bonds. The Morgan fingerprint density at radius 1 is 1.23 bits per heavy atom. The number of rotatable bonds is 7.